The van der Waals surface area contributed by atoms with E-state index in [1.54, 1.807) is 0 Å². The Morgan fingerprint density at radius 3 is 2.37 bits per heavy atom. The maximum absolute atomic E-state index is 12.5. The number of anilines is 1. The minimum Gasteiger partial charge on any atom is -0.438 e. The van der Waals surface area contributed by atoms with Crippen LogP contribution in [-0.4, -0.2) is 37.5 Å². The Morgan fingerprint density at radius 2 is 1.74 bits per heavy atom. The summed E-state index contributed by atoms with van der Waals surface area (Å²) in [6.45, 7) is 0.876. The summed E-state index contributed by atoms with van der Waals surface area (Å²) in [7, 11) is -3.75. The van der Waals surface area contributed by atoms with E-state index in [1.807, 2.05) is 0 Å². The minimum absolute atomic E-state index is 0.142. The van der Waals surface area contributed by atoms with Crippen molar-refractivity contribution in [2.75, 3.05) is 18.4 Å². The Bertz CT molecular complexity index is 892. The maximum atomic E-state index is 12.5. The van der Waals surface area contributed by atoms with Gasteiger partial charge in [-0.2, -0.15) is 13.1 Å². The highest BCUT2D eigenvalue weighted by Crippen LogP contribution is 2.27. The molecule has 0 saturated carbocycles. The Morgan fingerprint density at radius 1 is 1.07 bits per heavy atom. The molecule has 27 heavy (non-hydrogen) atoms. The van der Waals surface area contributed by atoms with Crippen LogP contribution < -0.4 is 5.32 Å². The first kappa shape index (κ1) is 19.8. The van der Waals surface area contributed by atoms with E-state index in [-0.39, 0.29) is 10.9 Å². The number of amides is 1. The van der Waals surface area contributed by atoms with Crippen LogP contribution in [0, 0.1) is 0 Å². The molecule has 2 aromatic rings. The van der Waals surface area contributed by atoms with E-state index in [4.69, 9.17) is 4.42 Å². The quantitative estimate of drug-likeness (QED) is 0.720. The lowest BCUT2D eigenvalue weighted by atomic mass is 10.2. The number of hydrogen-bond donors (Lipinski definition) is 1. The van der Waals surface area contributed by atoms with E-state index in [0.717, 1.165) is 19.3 Å². The molecule has 146 valence electrons. The summed E-state index contributed by atoms with van der Waals surface area (Å²) in [6, 6.07) is 8.45. The van der Waals surface area contributed by atoms with Crippen LogP contribution in [0.4, 0.5) is 14.5 Å². The zero-order valence-electron chi connectivity index (χ0n) is 14.2. The summed E-state index contributed by atoms with van der Waals surface area (Å²) in [6.07, 6.45) is 2.59. The lowest BCUT2D eigenvalue weighted by Crippen LogP contribution is -2.35. The zero-order chi connectivity index (χ0) is 19.4. The molecule has 0 spiro atoms. The van der Waals surface area contributed by atoms with Gasteiger partial charge in [-0.1, -0.05) is 18.2 Å². The molecule has 1 amide bonds. The molecule has 0 radical (unpaired) electrons. The lowest BCUT2D eigenvalue weighted by molar-refractivity contribution is 0.0991. The molecule has 1 aliphatic heterocycles. The number of carbonyl (C=O) groups excluding carboxylic acids is 1. The van der Waals surface area contributed by atoms with Gasteiger partial charge in [0.15, 0.2) is 5.76 Å². The second-order valence-electron chi connectivity index (χ2n) is 5.94. The highest BCUT2D eigenvalue weighted by molar-refractivity contribution is 7.99. The largest absolute Gasteiger partial charge is 0.438 e. The van der Waals surface area contributed by atoms with Gasteiger partial charge in [0.2, 0.25) is 5.09 Å². The number of carbonyl (C=O) groups is 1. The van der Waals surface area contributed by atoms with E-state index in [0.29, 0.717) is 35.4 Å². The average molecular weight is 416 g/mol. The number of alkyl halides is 2. The molecule has 2 heterocycles. The summed E-state index contributed by atoms with van der Waals surface area (Å²) in [5.41, 5.74) is 0.385. The van der Waals surface area contributed by atoms with Crippen LogP contribution in [0.5, 0.6) is 0 Å². The van der Waals surface area contributed by atoms with Crippen molar-refractivity contribution in [1.29, 1.82) is 0 Å². The summed E-state index contributed by atoms with van der Waals surface area (Å²) in [5.74, 6) is -3.28. The number of benzene rings is 1. The first-order valence-electron chi connectivity index (χ1n) is 8.32. The first-order chi connectivity index (χ1) is 12.9. The SMILES string of the molecule is O=C(Nc1ccc(SC(F)F)cc1)c1ccc(S(=O)(=O)N2CCCCC2)o1. The highest BCUT2D eigenvalue weighted by Gasteiger charge is 2.29. The van der Waals surface area contributed by atoms with Gasteiger partial charge in [0.25, 0.3) is 21.7 Å². The highest BCUT2D eigenvalue weighted by atomic mass is 32.2. The van der Waals surface area contributed by atoms with Crippen molar-refractivity contribution in [3.05, 3.63) is 42.2 Å². The summed E-state index contributed by atoms with van der Waals surface area (Å²) in [5, 5.41) is 2.28. The van der Waals surface area contributed by atoms with E-state index >= 15 is 0 Å². The fourth-order valence-corrected chi connectivity index (χ4v) is 4.65. The van der Waals surface area contributed by atoms with Crippen LogP contribution in [-0.2, 0) is 10.0 Å². The molecule has 6 nitrogen and oxygen atoms in total. The van der Waals surface area contributed by atoms with E-state index in [2.05, 4.69) is 5.32 Å². The van der Waals surface area contributed by atoms with Crippen LogP contribution in [0.15, 0.2) is 50.8 Å². The second-order valence-corrected chi connectivity index (χ2v) is 8.87. The molecule has 1 aromatic heterocycles. The molecule has 0 aliphatic carbocycles. The van der Waals surface area contributed by atoms with E-state index in [1.165, 1.54) is 40.7 Å². The standard InChI is InChI=1S/C17H18F2N2O4S2/c18-17(19)26-13-6-4-12(5-7-13)20-16(22)14-8-9-15(25-14)27(23,24)21-10-2-1-3-11-21/h4-9,17H,1-3,10-11H2,(H,20,22). The van der Waals surface area contributed by atoms with Gasteiger partial charge < -0.3 is 9.73 Å². The Hall–Kier alpha value is -1.91. The normalized spacial score (nSPS) is 15.8. The van der Waals surface area contributed by atoms with Crippen molar-refractivity contribution in [2.45, 2.75) is 35.0 Å². The van der Waals surface area contributed by atoms with Crippen molar-refractivity contribution in [2.24, 2.45) is 0 Å². The molecule has 1 aliphatic rings. The van der Waals surface area contributed by atoms with Gasteiger partial charge in [0.1, 0.15) is 0 Å². The molecule has 0 bridgehead atoms. The predicted molar refractivity (Wildman–Crippen MR) is 97.6 cm³/mol. The molecule has 1 N–H and O–H groups in total. The molecule has 0 unspecified atom stereocenters. The van der Waals surface area contributed by atoms with Gasteiger partial charge in [-0.15, -0.1) is 0 Å². The van der Waals surface area contributed by atoms with Crippen LogP contribution >= 0.6 is 11.8 Å². The van der Waals surface area contributed by atoms with Crippen LogP contribution in [0.2, 0.25) is 0 Å². The van der Waals surface area contributed by atoms with Gasteiger partial charge in [0.05, 0.1) is 0 Å². The van der Waals surface area contributed by atoms with E-state index in [9.17, 15) is 22.0 Å². The van der Waals surface area contributed by atoms with Crippen LogP contribution in [0.1, 0.15) is 29.8 Å². The molecular weight excluding hydrogens is 398 g/mol. The third kappa shape index (κ3) is 4.88. The number of nitrogens with zero attached hydrogens (tertiary/aromatic N) is 1. The number of hydrogen-bond acceptors (Lipinski definition) is 5. The zero-order valence-corrected chi connectivity index (χ0v) is 15.9. The molecule has 1 aromatic carbocycles. The van der Waals surface area contributed by atoms with Crippen molar-refractivity contribution in [3.63, 3.8) is 0 Å². The maximum Gasteiger partial charge on any atom is 0.291 e. The third-order valence-electron chi connectivity index (χ3n) is 4.05. The smallest absolute Gasteiger partial charge is 0.291 e. The summed E-state index contributed by atoms with van der Waals surface area (Å²) < 4.78 is 56.3. The number of furan rings is 1. The lowest BCUT2D eigenvalue weighted by Gasteiger charge is -2.24. The second kappa shape index (κ2) is 8.41. The number of piperidine rings is 1. The van der Waals surface area contributed by atoms with Gasteiger partial charge in [0, 0.05) is 23.7 Å². The Balaban J connectivity index is 1.68. The molecule has 1 saturated heterocycles. The van der Waals surface area contributed by atoms with Crippen molar-refractivity contribution in [3.8, 4) is 0 Å². The monoisotopic (exact) mass is 416 g/mol. The van der Waals surface area contributed by atoms with Crippen LogP contribution in [0.25, 0.3) is 0 Å². The average Bonchev–Trinajstić information content (AvgIpc) is 3.15. The Labute approximate surface area is 160 Å². The van der Waals surface area contributed by atoms with Crippen molar-refractivity contribution >= 4 is 33.4 Å². The molecule has 0 atom stereocenters. The van der Waals surface area contributed by atoms with E-state index < -0.39 is 21.7 Å². The molecular formula is C17H18F2N2O4S2. The number of thioether (sulfide) groups is 1. The van der Waals surface area contributed by atoms with Gasteiger partial charge in [-0.3, -0.25) is 4.79 Å². The summed E-state index contributed by atoms with van der Waals surface area (Å²) >= 11 is 0.406. The fourth-order valence-electron chi connectivity index (χ4n) is 2.73. The van der Waals surface area contributed by atoms with Gasteiger partial charge in [-0.25, -0.2) is 8.42 Å². The molecule has 3 rings (SSSR count). The summed E-state index contributed by atoms with van der Waals surface area (Å²) in [4.78, 5) is 12.6. The minimum atomic E-state index is -3.75. The molecule has 10 heteroatoms. The van der Waals surface area contributed by atoms with Crippen molar-refractivity contribution in [1.82, 2.24) is 4.31 Å². The third-order valence-corrected chi connectivity index (χ3v) is 6.55. The first-order valence-corrected chi connectivity index (χ1v) is 10.6. The number of sulfonamides is 1. The number of nitrogens with one attached hydrogen (secondary N) is 1. The molecule has 1 fully saturated rings. The predicted octanol–water partition coefficient (Wildman–Crippen LogP) is 4.02. The van der Waals surface area contributed by atoms with Gasteiger partial charge in [-0.05, 0) is 49.2 Å². The van der Waals surface area contributed by atoms with Gasteiger partial charge >= 0.3 is 0 Å². The fraction of sp³-hybridized carbons (Fsp3) is 0.353. The van der Waals surface area contributed by atoms with Crippen molar-refractivity contribution < 1.29 is 26.4 Å². The number of rotatable bonds is 6. The number of halogens is 2. The topological polar surface area (TPSA) is 79.6 Å². The van der Waals surface area contributed by atoms with Crippen LogP contribution in [0.3, 0.4) is 0 Å². The Kier molecular flexibility index (Phi) is 6.18.